The highest BCUT2D eigenvalue weighted by atomic mass is 16.5. The second kappa shape index (κ2) is 8.00. The zero-order chi connectivity index (χ0) is 20.5. The van der Waals surface area contributed by atoms with Crippen LogP contribution >= 0.6 is 0 Å². The second-order valence-corrected chi connectivity index (χ2v) is 9.24. The highest BCUT2D eigenvalue weighted by molar-refractivity contribution is 5.64. The lowest BCUT2D eigenvalue weighted by Crippen LogP contribution is -2.25. The second-order valence-electron chi connectivity index (χ2n) is 9.24. The van der Waals surface area contributed by atoms with Crippen molar-refractivity contribution >= 4 is 0 Å². The molecule has 2 rings (SSSR count). The molecule has 3 heteroatoms. The fraction of sp³-hybridized carbons (Fsp3) is 0.583. The number of rotatable bonds is 5. The number of benzene rings is 1. The molecule has 27 heavy (non-hydrogen) atoms. The van der Waals surface area contributed by atoms with Crippen molar-refractivity contribution in [1.82, 2.24) is 0 Å². The number of fused-ring (bicyclic) bond motifs is 1. The molecular weight excluding hydrogens is 336 g/mol. The van der Waals surface area contributed by atoms with Crippen molar-refractivity contribution in [3.05, 3.63) is 41.0 Å². The molecule has 0 bridgehead atoms. The van der Waals surface area contributed by atoms with Gasteiger partial charge in [-0.25, -0.2) is 0 Å². The Kier molecular flexibility index (Phi) is 6.34. The van der Waals surface area contributed by atoms with Crippen LogP contribution < -0.4 is 4.74 Å². The average Bonchev–Trinajstić information content (AvgIpc) is 2.55. The number of aromatic hydroxyl groups is 2. The zero-order valence-corrected chi connectivity index (χ0v) is 18.0. The first-order chi connectivity index (χ1) is 12.4. The van der Waals surface area contributed by atoms with Crippen molar-refractivity contribution in [3.8, 4) is 17.2 Å². The maximum atomic E-state index is 11.1. The number of phenols is 2. The Hall–Kier alpha value is -1.90. The van der Waals surface area contributed by atoms with Crippen LogP contribution in [-0.2, 0) is 0 Å². The van der Waals surface area contributed by atoms with Crippen LogP contribution in [0.1, 0.15) is 89.3 Å². The van der Waals surface area contributed by atoms with Crippen LogP contribution in [0.4, 0.5) is 0 Å². The van der Waals surface area contributed by atoms with Crippen molar-refractivity contribution in [2.75, 3.05) is 0 Å². The van der Waals surface area contributed by atoms with Gasteiger partial charge < -0.3 is 14.9 Å². The van der Waals surface area contributed by atoms with E-state index >= 15 is 0 Å². The molecule has 1 aromatic rings. The summed E-state index contributed by atoms with van der Waals surface area (Å²) in [5.41, 5.74) is 3.01. The summed E-state index contributed by atoms with van der Waals surface area (Å²) in [4.78, 5) is 0. The Morgan fingerprint density at radius 1 is 1.22 bits per heavy atom. The molecule has 0 amide bonds. The van der Waals surface area contributed by atoms with Gasteiger partial charge in [-0.1, -0.05) is 38.2 Å². The zero-order valence-electron chi connectivity index (χ0n) is 18.0. The maximum absolute atomic E-state index is 11.1. The molecular formula is C24H36O3. The molecule has 0 spiro atoms. The van der Waals surface area contributed by atoms with Gasteiger partial charge in [-0.15, -0.1) is 0 Å². The summed E-state index contributed by atoms with van der Waals surface area (Å²) >= 11 is 0. The first-order valence-corrected chi connectivity index (χ1v) is 10.0. The van der Waals surface area contributed by atoms with Crippen molar-refractivity contribution in [2.45, 2.75) is 85.2 Å². The minimum atomic E-state index is -0.444. The van der Waals surface area contributed by atoms with Crippen molar-refractivity contribution in [3.63, 3.8) is 0 Å². The molecule has 1 aromatic carbocycles. The molecule has 3 atom stereocenters. The third-order valence-corrected chi connectivity index (χ3v) is 5.49. The fourth-order valence-corrected chi connectivity index (χ4v) is 4.11. The molecule has 3 nitrogen and oxygen atoms in total. The third-order valence-electron chi connectivity index (χ3n) is 5.49. The van der Waals surface area contributed by atoms with Gasteiger partial charge in [0.15, 0.2) is 11.5 Å². The quantitative estimate of drug-likeness (QED) is 0.445. The smallest absolute Gasteiger partial charge is 0.168 e. The standard InChI is InChI=1S/C24H36O3/c1-14(2)10-9-11-15(3)18-13-12-16(4)19-20(18)21(25)17(5)23(22(19)26)27-24(6,7)8/h9-10,15-16,18,25-26H,1,11-13H2,2-8H3/b10-9+/t15-,16-,18+/m0/s1. The molecule has 0 saturated carbocycles. The van der Waals surface area contributed by atoms with Gasteiger partial charge in [0.1, 0.15) is 11.4 Å². The minimum absolute atomic E-state index is 0.197. The highest BCUT2D eigenvalue weighted by Crippen LogP contribution is 2.55. The lowest BCUT2D eigenvalue weighted by atomic mass is 9.70. The molecule has 0 heterocycles. The highest BCUT2D eigenvalue weighted by Gasteiger charge is 2.36. The number of allylic oxidation sites excluding steroid dienone is 3. The predicted octanol–water partition coefficient (Wildman–Crippen LogP) is 6.72. The summed E-state index contributed by atoms with van der Waals surface area (Å²) in [6.07, 6.45) is 7.14. The van der Waals surface area contributed by atoms with Crippen LogP contribution in [0.2, 0.25) is 0 Å². The molecule has 150 valence electrons. The van der Waals surface area contributed by atoms with Gasteiger partial charge >= 0.3 is 0 Å². The Labute approximate surface area is 164 Å². The molecule has 0 aromatic heterocycles. The van der Waals surface area contributed by atoms with E-state index in [4.69, 9.17) is 4.74 Å². The first-order valence-electron chi connectivity index (χ1n) is 10.0. The van der Waals surface area contributed by atoms with Crippen molar-refractivity contribution < 1.29 is 14.9 Å². The summed E-state index contributed by atoms with van der Waals surface area (Å²) in [5.74, 6) is 1.70. The fourth-order valence-electron chi connectivity index (χ4n) is 4.11. The third kappa shape index (κ3) is 4.69. The molecule has 1 aliphatic carbocycles. The van der Waals surface area contributed by atoms with Crippen LogP contribution in [0.5, 0.6) is 17.2 Å². The van der Waals surface area contributed by atoms with E-state index in [1.807, 2.05) is 40.7 Å². The van der Waals surface area contributed by atoms with Gasteiger partial charge in [0.25, 0.3) is 0 Å². The summed E-state index contributed by atoms with van der Waals surface area (Å²) in [6, 6.07) is 0. The maximum Gasteiger partial charge on any atom is 0.168 e. The number of ether oxygens (including phenoxy) is 1. The summed E-state index contributed by atoms with van der Waals surface area (Å²) in [6.45, 7) is 17.9. The number of hydrogen-bond acceptors (Lipinski definition) is 3. The van der Waals surface area contributed by atoms with Crippen LogP contribution in [-0.4, -0.2) is 15.8 Å². The lowest BCUT2D eigenvalue weighted by molar-refractivity contribution is 0.123. The van der Waals surface area contributed by atoms with Crippen LogP contribution in [0, 0.1) is 12.8 Å². The van der Waals surface area contributed by atoms with E-state index in [9.17, 15) is 10.2 Å². The van der Waals surface area contributed by atoms with E-state index in [1.54, 1.807) is 0 Å². The Morgan fingerprint density at radius 2 is 1.85 bits per heavy atom. The first kappa shape index (κ1) is 21.4. The predicted molar refractivity (Wildman–Crippen MR) is 113 cm³/mol. The average molecular weight is 373 g/mol. The molecule has 0 aliphatic heterocycles. The van der Waals surface area contributed by atoms with Crippen molar-refractivity contribution in [1.29, 1.82) is 0 Å². The van der Waals surface area contributed by atoms with Gasteiger partial charge in [-0.05, 0) is 71.6 Å². The molecule has 2 N–H and O–H groups in total. The van der Waals surface area contributed by atoms with E-state index in [1.165, 1.54) is 0 Å². The summed E-state index contributed by atoms with van der Waals surface area (Å²) in [5, 5.41) is 22.1. The Balaban J connectivity index is 2.52. The normalized spacial score (nSPS) is 21.1. The molecule has 0 fully saturated rings. The van der Waals surface area contributed by atoms with E-state index in [0.29, 0.717) is 17.2 Å². The monoisotopic (exact) mass is 372 g/mol. The van der Waals surface area contributed by atoms with Gasteiger partial charge in [-0.3, -0.25) is 0 Å². The van der Waals surface area contributed by atoms with Crippen LogP contribution in [0.3, 0.4) is 0 Å². The molecule has 0 unspecified atom stereocenters. The molecule has 1 aliphatic rings. The molecule has 0 radical (unpaired) electrons. The summed E-state index contributed by atoms with van der Waals surface area (Å²) < 4.78 is 6.01. The van der Waals surface area contributed by atoms with Crippen LogP contribution in [0.15, 0.2) is 24.3 Å². The Morgan fingerprint density at radius 3 is 2.41 bits per heavy atom. The number of phenolic OH excluding ortho intramolecular Hbond substituents is 2. The SMILES string of the molecule is C=C(C)/C=C/C[C@H](C)[C@H]1CC[C@H](C)c2c(O)c(OC(C)(C)C)c(C)c(O)c21. The van der Waals surface area contributed by atoms with Crippen LogP contribution in [0.25, 0.3) is 0 Å². The van der Waals surface area contributed by atoms with E-state index in [2.05, 4.69) is 26.5 Å². The largest absolute Gasteiger partial charge is 0.507 e. The van der Waals surface area contributed by atoms with Gasteiger partial charge in [0.05, 0.1) is 0 Å². The van der Waals surface area contributed by atoms with Gasteiger partial charge in [-0.2, -0.15) is 0 Å². The van der Waals surface area contributed by atoms with E-state index in [-0.39, 0.29) is 23.3 Å². The summed E-state index contributed by atoms with van der Waals surface area (Å²) in [7, 11) is 0. The Bertz CT molecular complexity index is 737. The minimum Gasteiger partial charge on any atom is -0.507 e. The lowest BCUT2D eigenvalue weighted by Gasteiger charge is -2.36. The van der Waals surface area contributed by atoms with Gasteiger partial charge in [0, 0.05) is 16.7 Å². The van der Waals surface area contributed by atoms with Gasteiger partial charge in [0.2, 0.25) is 0 Å². The van der Waals surface area contributed by atoms with E-state index < -0.39 is 5.60 Å². The van der Waals surface area contributed by atoms with E-state index in [0.717, 1.165) is 36.0 Å². The van der Waals surface area contributed by atoms with Crippen molar-refractivity contribution in [2.24, 2.45) is 5.92 Å². The topological polar surface area (TPSA) is 49.7 Å². The number of hydrogen-bond donors (Lipinski definition) is 2. The molecule has 0 saturated heterocycles.